The average Bonchev–Trinajstić information content (AvgIpc) is 2.88. The van der Waals surface area contributed by atoms with Crippen molar-refractivity contribution in [1.82, 2.24) is 0 Å². The standard InChI is InChI=1S/C29H22Cl2N2O3/c1-2-34-26-13-18(9-12-25(26)35-16-19-7-10-20(30)14-24(19)31)27-22-11-8-17-5-3-4-6-21(17)28(22)36-29(33)23(27)15-32/h3-14,27H,2,16,33H2,1H3/t27-/m0/s1. The molecule has 1 aliphatic heterocycles. The number of hydrogen-bond donors (Lipinski definition) is 1. The zero-order valence-electron chi connectivity index (χ0n) is 19.4. The highest BCUT2D eigenvalue weighted by molar-refractivity contribution is 6.35. The summed E-state index contributed by atoms with van der Waals surface area (Å²) in [6, 6.07) is 25.1. The molecule has 5 nitrogen and oxygen atoms in total. The number of benzene rings is 4. The molecule has 1 heterocycles. The summed E-state index contributed by atoms with van der Waals surface area (Å²) in [7, 11) is 0. The topological polar surface area (TPSA) is 77.5 Å². The summed E-state index contributed by atoms with van der Waals surface area (Å²) < 4.78 is 17.9. The Morgan fingerprint density at radius 2 is 1.81 bits per heavy atom. The van der Waals surface area contributed by atoms with Crippen molar-refractivity contribution in [2.24, 2.45) is 5.73 Å². The molecule has 4 aromatic rings. The molecule has 0 saturated carbocycles. The van der Waals surface area contributed by atoms with Crippen LogP contribution in [0.2, 0.25) is 10.0 Å². The van der Waals surface area contributed by atoms with Crippen molar-refractivity contribution in [3.05, 3.63) is 111 Å². The maximum Gasteiger partial charge on any atom is 0.205 e. The molecule has 0 fully saturated rings. The molecule has 5 rings (SSSR count). The van der Waals surface area contributed by atoms with Crippen LogP contribution in [-0.2, 0) is 6.61 Å². The minimum absolute atomic E-state index is 0.0991. The van der Waals surface area contributed by atoms with Gasteiger partial charge in [-0.3, -0.25) is 0 Å². The van der Waals surface area contributed by atoms with Crippen molar-refractivity contribution in [2.75, 3.05) is 6.61 Å². The van der Waals surface area contributed by atoms with Gasteiger partial charge in [-0.25, -0.2) is 0 Å². The highest BCUT2D eigenvalue weighted by Crippen LogP contribution is 2.46. The Bertz CT molecular complexity index is 1540. The molecule has 0 saturated heterocycles. The van der Waals surface area contributed by atoms with Crippen LogP contribution in [-0.4, -0.2) is 6.61 Å². The fourth-order valence-electron chi connectivity index (χ4n) is 4.42. The molecule has 36 heavy (non-hydrogen) atoms. The summed E-state index contributed by atoms with van der Waals surface area (Å²) >= 11 is 12.3. The van der Waals surface area contributed by atoms with Crippen LogP contribution in [0.1, 0.15) is 29.5 Å². The van der Waals surface area contributed by atoms with Crippen LogP contribution in [0.5, 0.6) is 17.2 Å². The second-order valence-corrected chi connectivity index (χ2v) is 9.14. The predicted molar refractivity (Wildman–Crippen MR) is 142 cm³/mol. The van der Waals surface area contributed by atoms with Gasteiger partial charge in [-0.05, 0) is 42.1 Å². The third kappa shape index (κ3) is 4.42. The molecule has 180 valence electrons. The fraction of sp³-hybridized carbons (Fsp3) is 0.138. The molecule has 1 aliphatic rings. The van der Waals surface area contributed by atoms with Crippen LogP contribution in [0.15, 0.2) is 84.3 Å². The zero-order valence-corrected chi connectivity index (χ0v) is 20.9. The van der Waals surface area contributed by atoms with E-state index in [2.05, 4.69) is 6.07 Å². The molecule has 0 aromatic heterocycles. The molecule has 0 amide bonds. The van der Waals surface area contributed by atoms with Gasteiger partial charge in [0.05, 0.1) is 12.5 Å². The van der Waals surface area contributed by atoms with Gasteiger partial charge in [0.2, 0.25) is 5.88 Å². The van der Waals surface area contributed by atoms with E-state index in [9.17, 15) is 5.26 Å². The molecular weight excluding hydrogens is 495 g/mol. The lowest BCUT2D eigenvalue weighted by Gasteiger charge is -2.28. The normalized spacial score (nSPS) is 14.7. The lowest BCUT2D eigenvalue weighted by molar-refractivity contribution is 0.269. The maximum atomic E-state index is 9.97. The molecule has 0 unspecified atom stereocenters. The van der Waals surface area contributed by atoms with E-state index in [0.717, 1.165) is 27.5 Å². The Labute approximate surface area is 219 Å². The smallest absolute Gasteiger partial charge is 0.205 e. The fourth-order valence-corrected chi connectivity index (χ4v) is 4.88. The van der Waals surface area contributed by atoms with Crippen LogP contribution >= 0.6 is 23.2 Å². The number of allylic oxidation sites excluding steroid dienone is 1. The third-order valence-electron chi connectivity index (χ3n) is 6.11. The van der Waals surface area contributed by atoms with Gasteiger partial charge in [0, 0.05) is 26.6 Å². The van der Waals surface area contributed by atoms with Crippen LogP contribution in [0.25, 0.3) is 10.8 Å². The number of rotatable bonds is 6. The van der Waals surface area contributed by atoms with Crippen LogP contribution in [0.4, 0.5) is 0 Å². The number of nitrogens with zero attached hydrogens (tertiary/aromatic N) is 1. The second-order valence-electron chi connectivity index (χ2n) is 8.29. The van der Waals surface area contributed by atoms with E-state index >= 15 is 0 Å². The summed E-state index contributed by atoms with van der Waals surface area (Å²) in [6.07, 6.45) is 0. The molecule has 0 spiro atoms. The summed E-state index contributed by atoms with van der Waals surface area (Å²) in [5, 5.41) is 13.0. The minimum Gasteiger partial charge on any atom is -0.490 e. The molecule has 2 N–H and O–H groups in total. The van der Waals surface area contributed by atoms with Crippen LogP contribution < -0.4 is 19.9 Å². The van der Waals surface area contributed by atoms with Gasteiger partial charge in [-0.2, -0.15) is 5.26 Å². The Morgan fingerprint density at radius 1 is 0.972 bits per heavy atom. The lowest BCUT2D eigenvalue weighted by Crippen LogP contribution is -2.21. The predicted octanol–water partition coefficient (Wildman–Crippen LogP) is 7.34. The van der Waals surface area contributed by atoms with Gasteiger partial charge in [0.1, 0.15) is 24.0 Å². The van der Waals surface area contributed by atoms with Crippen LogP contribution in [0.3, 0.4) is 0 Å². The summed E-state index contributed by atoms with van der Waals surface area (Å²) in [5.74, 6) is 1.47. The molecule has 4 aromatic carbocycles. The molecule has 0 bridgehead atoms. The van der Waals surface area contributed by atoms with Gasteiger partial charge < -0.3 is 19.9 Å². The number of fused-ring (bicyclic) bond motifs is 3. The summed E-state index contributed by atoms with van der Waals surface area (Å²) in [6.45, 7) is 2.60. The molecule has 7 heteroatoms. The number of halogens is 2. The lowest BCUT2D eigenvalue weighted by atomic mass is 9.82. The van der Waals surface area contributed by atoms with E-state index in [1.807, 2.05) is 67.6 Å². The third-order valence-corrected chi connectivity index (χ3v) is 6.69. The summed E-state index contributed by atoms with van der Waals surface area (Å²) in [4.78, 5) is 0. The van der Waals surface area contributed by atoms with Crippen LogP contribution in [0, 0.1) is 11.3 Å². The number of ether oxygens (including phenoxy) is 3. The Hall–Kier alpha value is -3.85. The van der Waals surface area contributed by atoms with Crippen molar-refractivity contribution in [1.29, 1.82) is 5.26 Å². The van der Waals surface area contributed by atoms with E-state index < -0.39 is 5.92 Å². The zero-order chi connectivity index (χ0) is 25.2. The van der Waals surface area contributed by atoms with Crippen molar-refractivity contribution >= 4 is 34.0 Å². The highest BCUT2D eigenvalue weighted by Gasteiger charge is 2.32. The van der Waals surface area contributed by atoms with E-state index in [-0.39, 0.29) is 12.5 Å². The van der Waals surface area contributed by atoms with Crippen molar-refractivity contribution in [2.45, 2.75) is 19.4 Å². The van der Waals surface area contributed by atoms with Gasteiger partial charge >= 0.3 is 0 Å². The van der Waals surface area contributed by atoms with Gasteiger partial charge in [0.15, 0.2) is 11.5 Å². The monoisotopic (exact) mass is 516 g/mol. The number of nitriles is 1. The second kappa shape index (κ2) is 10.0. The number of hydrogen-bond acceptors (Lipinski definition) is 5. The Kier molecular flexibility index (Phi) is 6.65. The highest BCUT2D eigenvalue weighted by atomic mass is 35.5. The summed E-state index contributed by atoms with van der Waals surface area (Å²) in [5.41, 5.74) is 9.11. The number of nitrogens with two attached hydrogens (primary N) is 1. The Balaban J connectivity index is 1.55. The minimum atomic E-state index is -0.415. The van der Waals surface area contributed by atoms with Crippen molar-refractivity contribution < 1.29 is 14.2 Å². The molecule has 0 radical (unpaired) electrons. The molecular formula is C29H22Cl2N2O3. The maximum absolute atomic E-state index is 9.97. The first-order valence-corrected chi connectivity index (χ1v) is 12.2. The van der Waals surface area contributed by atoms with E-state index in [1.165, 1.54) is 0 Å². The quantitative estimate of drug-likeness (QED) is 0.290. The molecule has 0 aliphatic carbocycles. The van der Waals surface area contributed by atoms with E-state index in [4.69, 9.17) is 43.1 Å². The first kappa shape index (κ1) is 23.9. The SMILES string of the molecule is CCOc1cc([C@@H]2C(C#N)=C(N)Oc3c2ccc2ccccc32)ccc1OCc1ccc(Cl)cc1Cl. The molecule has 1 atom stereocenters. The van der Waals surface area contributed by atoms with E-state index in [1.54, 1.807) is 12.1 Å². The van der Waals surface area contributed by atoms with Gasteiger partial charge in [-0.15, -0.1) is 0 Å². The van der Waals surface area contributed by atoms with Crippen molar-refractivity contribution in [3.8, 4) is 23.3 Å². The first-order valence-electron chi connectivity index (χ1n) is 11.4. The Morgan fingerprint density at radius 3 is 2.58 bits per heavy atom. The average molecular weight is 517 g/mol. The van der Waals surface area contributed by atoms with E-state index in [0.29, 0.717) is 39.5 Å². The van der Waals surface area contributed by atoms with Gasteiger partial charge in [0.25, 0.3) is 0 Å². The first-order chi connectivity index (χ1) is 17.5. The van der Waals surface area contributed by atoms with Gasteiger partial charge in [-0.1, -0.05) is 71.7 Å². The van der Waals surface area contributed by atoms with Crippen molar-refractivity contribution in [3.63, 3.8) is 0 Å². The largest absolute Gasteiger partial charge is 0.490 e.